The van der Waals surface area contributed by atoms with E-state index in [1.165, 1.54) is 44.5 Å². The molecule has 3 aromatic rings. The fourth-order valence-electron chi connectivity index (χ4n) is 6.99. The van der Waals surface area contributed by atoms with Crippen LogP contribution in [0.2, 0.25) is 0 Å². The molecule has 0 saturated carbocycles. The van der Waals surface area contributed by atoms with E-state index in [1.54, 1.807) is 55.6 Å². The molecule has 3 aromatic carbocycles. The van der Waals surface area contributed by atoms with Gasteiger partial charge < -0.3 is 0 Å². The van der Waals surface area contributed by atoms with E-state index >= 15 is 0 Å². The van der Waals surface area contributed by atoms with Crippen molar-refractivity contribution in [2.75, 3.05) is 0 Å². The predicted molar refractivity (Wildman–Crippen MR) is 154 cm³/mol. The fraction of sp³-hybridized carbons (Fsp3) is 0.438. The van der Waals surface area contributed by atoms with Crippen molar-refractivity contribution in [3.8, 4) is 0 Å². The number of halogens is 2. The van der Waals surface area contributed by atoms with Gasteiger partial charge in [-0.15, -0.1) is 0 Å². The summed E-state index contributed by atoms with van der Waals surface area (Å²) >= 11 is 7.57. The molecule has 0 unspecified atom stereocenters. The van der Waals surface area contributed by atoms with Crippen LogP contribution in [0.5, 0.6) is 0 Å². The molecule has 0 radical (unpaired) electrons. The Kier molecular flexibility index (Phi) is 6.17. The molecule has 34 heavy (non-hydrogen) atoms. The summed E-state index contributed by atoms with van der Waals surface area (Å²) in [5, 5.41) is 1.86. The van der Waals surface area contributed by atoms with Crippen LogP contribution in [0.25, 0.3) is 0 Å². The fourth-order valence-corrected chi connectivity index (χ4v) is 8.51. The van der Waals surface area contributed by atoms with Gasteiger partial charge in [-0.05, 0) is 181 Å². The average Bonchev–Trinajstić information content (AvgIpc) is 2.85. The van der Waals surface area contributed by atoms with E-state index in [0.29, 0.717) is 0 Å². The molecule has 0 saturated heterocycles. The lowest BCUT2D eigenvalue weighted by Crippen LogP contribution is -2.22. The number of alkyl halides is 2. The molecule has 0 amide bonds. The average molecular weight is 580 g/mol. The van der Waals surface area contributed by atoms with Gasteiger partial charge in [-0.2, -0.15) is 0 Å². The Bertz CT molecular complexity index is 1280. The van der Waals surface area contributed by atoms with Crippen LogP contribution >= 0.6 is 31.9 Å². The minimum atomic E-state index is 0.928. The van der Waals surface area contributed by atoms with Crippen LogP contribution in [0, 0.1) is 55.4 Å². The molecule has 0 spiro atoms. The Hall–Kier alpha value is -1.38. The summed E-state index contributed by atoms with van der Waals surface area (Å²) in [6, 6.07) is 0. The van der Waals surface area contributed by atoms with E-state index in [2.05, 4.69) is 87.2 Å². The van der Waals surface area contributed by atoms with Gasteiger partial charge in [-0.1, -0.05) is 31.9 Å². The normalized spacial score (nSPS) is 13.9. The van der Waals surface area contributed by atoms with Crippen molar-refractivity contribution >= 4 is 31.9 Å². The molecule has 0 N–H and O–H groups in total. The van der Waals surface area contributed by atoms with Crippen molar-refractivity contribution in [3.05, 3.63) is 100 Å². The van der Waals surface area contributed by atoms with Crippen molar-refractivity contribution in [3.63, 3.8) is 0 Å². The minimum Gasteiger partial charge on any atom is -0.0876 e. The number of hydrogen-bond donors (Lipinski definition) is 0. The zero-order chi connectivity index (χ0) is 24.6. The highest BCUT2D eigenvalue weighted by molar-refractivity contribution is 9.09. The molecule has 2 aliphatic rings. The lowest BCUT2D eigenvalue weighted by molar-refractivity contribution is 0.878. The highest BCUT2D eigenvalue weighted by atomic mass is 79.9. The van der Waals surface area contributed by atoms with Crippen LogP contribution in [0.4, 0.5) is 0 Å². The lowest BCUT2D eigenvalue weighted by atomic mass is 9.70. The number of rotatable bonds is 2. The van der Waals surface area contributed by atoms with Crippen molar-refractivity contribution in [2.24, 2.45) is 0 Å². The smallest absolute Gasteiger partial charge is 0.0288 e. The summed E-state index contributed by atoms with van der Waals surface area (Å²) in [5.74, 6) is 0. The molecular formula is C32H36Br2. The van der Waals surface area contributed by atoms with Crippen molar-refractivity contribution < 1.29 is 0 Å². The topological polar surface area (TPSA) is 0 Å². The van der Waals surface area contributed by atoms with Gasteiger partial charge in [0, 0.05) is 10.7 Å². The van der Waals surface area contributed by atoms with E-state index in [4.69, 9.17) is 0 Å². The maximum atomic E-state index is 3.79. The third kappa shape index (κ3) is 3.27. The Labute approximate surface area is 222 Å². The molecule has 2 heteroatoms. The largest absolute Gasteiger partial charge is 0.0876 e. The first kappa shape index (κ1) is 24.3. The van der Waals surface area contributed by atoms with Crippen LogP contribution in [-0.4, -0.2) is 0 Å². The predicted octanol–water partition coefficient (Wildman–Crippen LogP) is 8.93. The molecular weight excluding hydrogens is 544 g/mol. The molecule has 2 aliphatic carbocycles. The number of benzene rings is 3. The van der Waals surface area contributed by atoms with E-state index in [0.717, 1.165) is 36.3 Å². The van der Waals surface area contributed by atoms with Gasteiger partial charge >= 0.3 is 0 Å². The highest BCUT2D eigenvalue weighted by Gasteiger charge is 2.31. The molecule has 0 aromatic heterocycles. The summed E-state index contributed by atoms with van der Waals surface area (Å²) in [7, 11) is 0. The Balaban J connectivity index is 1.72. The molecule has 0 atom stereocenters. The van der Waals surface area contributed by atoms with Crippen LogP contribution in [0.3, 0.4) is 0 Å². The van der Waals surface area contributed by atoms with E-state index in [1.807, 2.05) is 0 Å². The first-order chi connectivity index (χ1) is 16.1. The molecule has 5 rings (SSSR count). The minimum absolute atomic E-state index is 0.928. The molecule has 0 heterocycles. The Morgan fingerprint density at radius 1 is 0.353 bits per heavy atom. The van der Waals surface area contributed by atoms with Gasteiger partial charge in [-0.25, -0.2) is 0 Å². The van der Waals surface area contributed by atoms with Crippen molar-refractivity contribution in [1.82, 2.24) is 0 Å². The van der Waals surface area contributed by atoms with Crippen molar-refractivity contribution in [1.29, 1.82) is 0 Å². The number of hydrogen-bond acceptors (Lipinski definition) is 0. The zero-order valence-electron chi connectivity index (χ0n) is 22.0. The van der Waals surface area contributed by atoms with Gasteiger partial charge in [0.25, 0.3) is 0 Å². The van der Waals surface area contributed by atoms with Gasteiger partial charge in [0.05, 0.1) is 0 Å². The second-order valence-electron chi connectivity index (χ2n) is 10.8. The number of fused-ring (bicyclic) bond motifs is 4. The van der Waals surface area contributed by atoms with E-state index < -0.39 is 0 Å². The Morgan fingerprint density at radius 3 is 0.853 bits per heavy atom. The zero-order valence-corrected chi connectivity index (χ0v) is 25.2. The van der Waals surface area contributed by atoms with E-state index in [9.17, 15) is 0 Å². The highest BCUT2D eigenvalue weighted by Crippen LogP contribution is 2.44. The maximum Gasteiger partial charge on any atom is 0.0288 e. The molecule has 0 bridgehead atoms. The van der Waals surface area contributed by atoms with E-state index in [-0.39, 0.29) is 0 Å². The van der Waals surface area contributed by atoms with Gasteiger partial charge in [-0.3, -0.25) is 0 Å². The molecule has 0 aliphatic heterocycles. The van der Waals surface area contributed by atoms with Crippen molar-refractivity contribution in [2.45, 2.75) is 91.7 Å². The third-order valence-electron chi connectivity index (χ3n) is 9.72. The second-order valence-corrected chi connectivity index (χ2v) is 11.9. The molecule has 0 fully saturated rings. The second kappa shape index (κ2) is 8.63. The first-order valence-corrected chi connectivity index (χ1v) is 14.8. The van der Waals surface area contributed by atoms with Gasteiger partial charge in [0.1, 0.15) is 0 Å². The molecule has 0 nitrogen and oxygen atoms in total. The van der Waals surface area contributed by atoms with Crippen LogP contribution in [-0.2, 0) is 36.3 Å². The first-order valence-electron chi connectivity index (χ1n) is 12.6. The third-order valence-corrected chi connectivity index (χ3v) is 10.8. The summed E-state index contributed by atoms with van der Waals surface area (Å²) in [6.45, 7) is 18.8. The quantitative estimate of drug-likeness (QED) is 0.183. The summed E-state index contributed by atoms with van der Waals surface area (Å²) < 4.78 is 0. The SMILES string of the molecule is Cc1c(C)c(C)c2c(c1C)Cc1c(C)c3c(c(C)c1C2)Cc1c(C)c(CBr)c(CBr)c(C)c1C3. The monoisotopic (exact) mass is 578 g/mol. The Morgan fingerprint density at radius 2 is 0.588 bits per heavy atom. The summed E-state index contributed by atoms with van der Waals surface area (Å²) in [6.07, 6.45) is 4.35. The summed E-state index contributed by atoms with van der Waals surface area (Å²) in [5.41, 5.74) is 27.9. The van der Waals surface area contributed by atoms with Crippen LogP contribution in [0.1, 0.15) is 100 Å². The lowest BCUT2D eigenvalue weighted by Gasteiger charge is -2.34. The van der Waals surface area contributed by atoms with Crippen LogP contribution in [0.15, 0.2) is 0 Å². The van der Waals surface area contributed by atoms with Gasteiger partial charge in [0.15, 0.2) is 0 Å². The summed E-state index contributed by atoms with van der Waals surface area (Å²) in [4.78, 5) is 0. The standard InChI is InChI=1S/C32H36Br2/c1-15-16(2)18(4)24-10-26-20(6)28-12-30-22(8)32(14-34)31(13-33)21(7)29(30)11-27(28)19(5)25(26)9-23(24)17(15)3/h9-14H2,1-8H3. The molecule has 178 valence electrons. The van der Waals surface area contributed by atoms with Crippen LogP contribution < -0.4 is 0 Å². The maximum absolute atomic E-state index is 3.79. The van der Waals surface area contributed by atoms with Gasteiger partial charge in [0.2, 0.25) is 0 Å².